The molecule has 0 aromatic rings. The molecule has 0 aromatic carbocycles. The van der Waals surface area contributed by atoms with Gasteiger partial charge in [-0.3, -0.25) is 9.69 Å². The number of carboxylic acid groups (broad SMARTS) is 1. The van der Waals surface area contributed by atoms with E-state index >= 15 is 0 Å². The van der Waals surface area contributed by atoms with Crippen molar-refractivity contribution >= 4 is 17.7 Å². The summed E-state index contributed by atoms with van der Waals surface area (Å²) in [6, 6.07) is -0.807. The Kier molecular flexibility index (Phi) is 14.0. The maximum atomic E-state index is 11.1. The molecular formula is C12H27NO5S. The Balaban J connectivity index is 0. The van der Waals surface area contributed by atoms with Gasteiger partial charge in [0.25, 0.3) is 0 Å². The molecule has 7 heteroatoms. The molecule has 116 valence electrons. The standard InChI is InChI=1S/C10H21NO5S.C2H6/c1-7(12)5-11(6-9(13)14)8(10(15)16)3-4-17-2;1-2/h7-9,12-14H,3-6H2,1-2H3,(H,15,16);1-2H3. The van der Waals surface area contributed by atoms with E-state index in [4.69, 9.17) is 15.3 Å². The number of nitrogens with zero attached hydrogens (tertiary/aromatic N) is 1. The lowest BCUT2D eigenvalue weighted by Gasteiger charge is -2.30. The number of hydrogen-bond acceptors (Lipinski definition) is 6. The van der Waals surface area contributed by atoms with Crippen molar-refractivity contribution in [3.63, 3.8) is 0 Å². The van der Waals surface area contributed by atoms with E-state index in [0.29, 0.717) is 12.2 Å². The Morgan fingerprint density at radius 3 is 2.05 bits per heavy atom. The molecule has 0 radical (unpaired) electrons. The summed E-state index contributed by atoms with van der Waals surface area (Å²) >= 11 is 1.53. The van der Waals surface area contributed by atoms with Crippen LogP contribution in [-0.4, -0.2) is 74.8 Å². The molecule has 0 amide bonds. The molecule has 0 aliphatic carbocycles. The van der Waals surface area contributed by atoms with E-state index in [1.54, 1.807) is 0 Å². The lowest BCUT2D eigenvalue weighted by molar-refractivity contribution is -0.146. The number of rotatable bonds is 9. The maximum Gasteiger partial charge on any atom is 0.320 e. The summed E-state index contributed by atoms with van der Waals surface area (Å²) in [5, 5.41) is 36.2. The zero-order chi connectivity index (χ0) is 15.4. The van der Waals surface area contributed by atoms with Gasteiger partial charge in [0.2, 0.25) is 0 Å². The minimum atomic E-state index is -1.61. The first-order chi connectivity index (χ1) is 8.88. The average Bonchev–Trinajstić information content (AvgIpc) is 2.30. The zero-order valence-electron chi connectivity index (χ0n) is 12.1. The molecule has 0 heterocycles. The number of carbonyl (C=O) groups is 1. The molecule has 0 bridgehead atoms. The highest BCUT2D eigenvalue weighted by Crippen LogP contribution is 2.10. The lowest BCUT2D eigenvalue weighted by atomic mass is 10.1. The summed E-state index contributed by atoms with van der Waals surface area (Å²) in [6.45, 7) is 5.45. The van der Waals surface area contributed by atoms with Crippen molar-refractivity contribution < 1.29 is 25.2 Å². The fourth-order valence-corrected chi connectivity index (χ4v) is 2.03. The second-order valence-electron chi connectivity index (χ2n) is 3.92. The smallest absolute Gasteiger partial charge is 0.320 e. The van der Waals surface area contributed by atoms with Gasteiger partial charge in [0.15, 0.2) is 6.29 Å². The van der Waals surface area contributed by atoms with Crippen molar-refractivity contribution in [1.29, 1.82) is 0 Å². The molecule has 19 heavy (non-hydrogen) atoms. The van der Waals surface area contributed by atoms with E-state index in [-0.39, 0.29) is 13.1 Å². The first-order valence-electron chi connectivity index (χ1n) is 6.38. The molecule has 0 aliphatic rings. The van der Waals surface area contributed by atoms with Gasteiger partial charge in [0, 0.05) is 6.54 Å². The summed E-state index contributed by atoms with van der Waals surface area (Å²) in [6.07, 6.45) is -0.0517. The molecule has 0 fully saturated rings. The van der Waals surface area contributed by atoms with E-state index < -0.39 is 24.4 Å². The Hall–Kier alpha value is -0.340. The predicted octanol–water partition coefficient (Wildman–Crippen LogP) is 0.212. The van der Waals surface area contributed by atoms with Crippen LogP contribution in [0.5, 0.6) is 0 Å². The minimum Gasteiger partial charge on any atom is -0.480 e. The van der Waals surface area contributed by atoms with Crippen LogP contribution in [0.3, 0.4) is 0 Å². The Bertz CT molecular complexity index is 216. The molecule has 0 saturated carbocycles. The lowest BCUT2D eigenvalue weighted by Crippen LogP contribution is -2.48. The van der Waals surface area contributed by atoms with Crippen LogP contribution >= 0.6 is 11.8 Å². The van der Waals surface area contributed by atoms with Gasteiger partial charge in [0.1, 0.15) is 6.04 Å². The van der Waals surface area contributed by atoms with Gasteiger partial charge >= 0.3 is 5.97 Å². The second kappa shape index (κ2) is 12.7. The van der Waals surface area contributed by atoms with Gasteiger partial charge < -0.3 is 20.4 Å². The first kappa shape index (κ1) is 21.0. The number of aliphatic carboxylic acids is 1. The fourth-order valence-electron chi connectivity index (χ4n) is 1.57. The molecule has 2 atom stereocenters. The van der Waals surface area contributed by atoms with Crippen molar-refractivity contribution in [2.24, 2.45) is 0 Å². The number of hydrogen-bond donors (Lipinski definition) is 4. The van der Waals surface area contributed by atoms with E-state index in [2.05, 4.69) is 0 Å². The summed E-state index contributed by atoms with van der Waals surface area (Å²) in [5.41, 5.74) is 0. The monoisotopic (exact) mass is 297 g/mol. The largest absolute Gasteiger partial charge is 0.480 e. The van der Waals surface area contributed by atoms with Crippen molar-refractivity contribution in [1.82, 2.24) is 4.90 Å². The highest BCUT2D eigenvalue weighted by Gasteiger charge is 2.27. The molecule has 0 rings (SSSR count). The third kappa shape index (κ3) is 11.2. The van der Waals surface area contributed by atoms with Gasteiger partial charge in [-0.15, -0.1) is 0 Å². The van der Waals surface area contributed by atoms with Crippen molar-refractivity contribution in [3.05, 3.63) is 0 Å². The van der Waals surface area contributed by atoms with Gasteiger partial charge in [-0.1, -0.05) is 13.8 Å². The van der Waals surface area contributed by atoms with Crippen LogP contribution < -0.4 is 0 Å². The number of carboxylic acids is 1. The Labute approximate surface area is 119 Å². The third-order valence-corrected chi connectivity index (χ3v) is 2.86. The number of aliphatic hydroxyl groups excluding tert-OH is 2. The van der Waals surface area contributed by atoms with Gasteiger partial charge in [0.05, 0.1) is 12.6 Å². The SMILES string of the molecule is CC.CSCCC(C(=O)O)N(CC(C)O)CC(O)O. The van der Waals surface area contributed by atoms with Gasteiger partial charge in [-0.2, -0.15) is 11.8 Å². The summed E-state index contributed by atoms with van der Waals surface area (Å²) in [4.78, 5) is 12.5. The normalized spacial score (nSPS) is 13.9. The van der Waals surface area contributed by atoms with Crippen LogP contribution in [0.1, 0.15) is 27.2 Å². The van der Waals surface area contributed by atoms with Crippen LogP contribution in [0.25, 0.3) is 0 Å². The van der Waals surface area contributed by atoms with Crippen molar-refractivity contribution in [2.75, 3.05) is 25.1 Å². The highest BCUT2D eigenvalue weighted by atomic mass is 32.2. The first-order valence-corrected chi connectivity index (χ1v) is 7.77. The molecule has 0 spiro atoms. The molecular weight excluding hydrogens is 270 g/mol. The van der Waals surface area contributed by atoms with E-state index in [1.807, 2.05) is 20.1 Å². The number of aliphatic hydroxyl groups is 3. The molecule has 2 unspecified atom stereocenters. The minimum absolute atomic E-state index is 0.100. The van der Waals surface area contributed by atoms with E-state index in [1.165, 1.54) is 23.6 Å². The molecule has 4 N–H and O–H groups in total. The predicted molar refractivity (Wildman–Crippen MR) is 77.3 cm³/mol. The molecule has 0 aliphatic heterocycles. The Morgan fingerprint density at radius 2 is 1.74 bits per heavy atom. The third-order valence-electron chi connectivity index (χ3n) is 2.22. The fraction of sp³-hybridized carbons (Fsp3) is 0.917. The molecule has 6 nitrogen and oxygen atoms in total. The molecule has 0 aromatic heterocycles. The van der Waals surface area contributed by atoms with Crippen LogP contribution in [0, 0.1) is 0 Å². The van der Waals surface area contributed by atoms with Crippen molar-refractivity contribution in [3.8, 4) is 0 Å². The highest BCUT2D eigenvalue weighted by molar-refractivity contribution is 7.98. The van der Waals surface area contributed by atoms with Gasteiger partial charge in [-0.25, -0.2) is 0 Å². The maximum absolute atomic E-state index is 11.1. The Morgan fingerprint density at radius 1 is 1.21 bits per heavy atom. The van der Waals surface area contributed by atoms with Crippen LogP contribution in [0.2, 0.25) is 0 Å². The van der Waals surface area contributed by atoms with Crippen molar-refractivity contribution in [2.45, 2.75) is 45.6 Å². The van der Waals surface area contributed by atoms with Crippen LogP contribution in [0.4, 0.5) is 0 Å². The molecule has 0 saturated heterocycles. The van der Waals surface area contributed by atoms with E-state index in [9.17, 15) is 9.90 Å². The van der Waals surface area contributed by atoms with Crippen LogP contribution in [-0.2, 0) is 4.79 Å². The quantitative estimate of drug-likeness (QED) is 0.451. The summed E-state index contributed by atoms with van der Waals surface area (Å²) in [5.74, 6) is -0.352. The average molecular weight is 297 g/mol. The zero-order valence-corrected chi connectivity index (χ0v) is 12.9. The summed E-state index contributed by atoms with van der Waals surface area (Å²) < 4.78 is 0. The number of thioether (sulfide) groups is 1. The van der Waals surface area contributed by atoms with E-state index in [0.717, 1.165) is 0 Å². The topological polar surface area (TPSA) is 101 Å². The van der Waals surface area contributed by atoms with Crippen LogP contribution in [0.15, 0.2) is 0 Å². The second-order valence-corrected chi connectivity index (χ2v) is 4.90. The van der Waals surface area contributed by atoms with Gasteiger partial charge in [-0.05, 0) is 25.4 Å². The summed E-state index contributed by atoms with van der Waals surface area (Å²) in [7, 11) is 0.